The first-order valence-electron chi connectivity index (χ1n) is 3.89. The second-order valence-electron chi connectivity index (χ2n) is 3.13. The van der Waals surface area contributed by atoms with E-state index in [0.29, 0.717) is 5.69 Å². The van der Waals surface area contributed by atoms with E-state index in [9.17, 15) is 4.79 Å². The molecule has 1 unspecified atom stereocenters. The molecule has 5 nitrogen and oxygen atoms in total. The second-order valence-corrected chi connectivity index (χ2v) is 3.13. The minimum Gasteiger partial charge on any atom is -0.480 e. The molecule has 1 heterocycles. The predicted molar refractivity (Wildman–Crippen MR) is 47.3 cm³/mol. The van der Waals surface area contributed by atoms with E-state index in [4.69, 9.17) is 5.11 Å². The summed E-state index contributed by atoms with van der Waals surface area (Å²) in [6.07, 6.45) is 3.16. The van der Waals surface area contributed by atoms with Crippen molar-refractivity contribution in [2.45, 2.75) is 6.04 Å². The molecular formula is C8H13N3O2. The molecule has 0 saturated carbocycles. The number of imidazole rings is 1. The van der Waals surface area contributed by atoms with Crippen LogP contribution in [0.25, 0.3) is 0 Å². The van der Waals surface area contributed by atoms with Gasteiger partial charge in [-0.25, -0.2) is 4.98 Å². The molecule has 0 aliphatic heterocycles. The molecule has 1 rings (SSSR count). The number of aromatic nitrogens is 2. The van der Waals surface area contributed by atoms with Gasteiger partial charge in [-0.3, -0.25) is 9.69 Å². The van der Waals surface area contributed by atoms with Crippen molar-refractivity contribution in [2.24, 2.45) is 7.05 Å². The molecule has 0 fully saturated rings. The third-order valence-corrected chi connectivity index (χ3v) is 1.88. The topological polar surface area (TPSA) is 58.4 Å². The first-order chi connectivity index (χ1) is 6.04. The minimum absolute atomic E-state index is 0.632. The quantitative estimate of drug-likeness (QED) is 0.722. The van der Waals surface area contributed by atoms with Gasteiger partial charge in [0.05, 0.1) is 18.2 Å². The highest BCUT2D eigenvalue weighted by atomic mass is 16.4. The van der Waals surface area contributed by atoms with Gasteiger partial charge in [0.1, 0.15) is 6.04 Å². The highest BCUT2D eigenvalue weighted by Gasteiger charge is 2.24. The fourth-order valence-corrected chi connectivity index (χ4v) is 1.24. The maximum atomic E-state index is 10.9. The molecule has 72 valence electrons. The summed E-state index contributed by atoms with van der Waals surface area (Å²) in [6.45, 7) is 0. The standard InChI is InChI=1S/C8H13N3O2/c1-10(2)7(8(12)13)6-4-9-5-11(6)3/h4-5,7H,1-3H3,(H,12,13). The molecule has 0 aliphatic rings. The SMILES string of the molecule is CN(C)C(C(=O)O)c1cncn1C. The molecule has 0 bridgehead atoms. The van der Waals surface area contributed by atoms with Gasteiger partial charge in [-0.1, -0.05) is 0 Å². The summed E-state index contributed by atoms with van der Waals surface area (Å²) in [5.41, 5.74) is 0.678. The third-order valence-electron chi connectivity index (χ3n) is 1.88. The molecule has 1 N–H and O–H groups in total. The van der Waals surface area contributed by atoms with Gasteiger partial charge in [0, 0.05) is 7.05 Å². The van der Waals surface area contributed by atoms with Crippen LogP contribution in [0.4, 0.5) is 0 Å². The molecule has 1 atom stereocenters. The molecular weight excluding hydrogens is 170 g/mol. The third kappa shape index (κ3) is 1.86. The van der Waals surface area contributed by atoms with E-state index in [2.05, 4.69) is 4.98 Å². The highest BCUT2D eigenvalue weighted by Crippen LogP contribution is 2.16. The summed E-state index contributed by atoms with van der Waals surface area (Å²) in [5.74, 6) is -0.867. The van der Waals surface area contributed by atoms with Crippen molar-refractivity contribution in [1.82, 2.24) is 14.5 Å². The van der Waals surface area contributed by atoms with Crippen molar-refractivity contribution in [3.05, 3.63) is 18.2 Å². The molecule has 0 radical (unpaired) electrons. The van der Waals surface area contributed by atoms with Crippen LogP contribution in [0.5, 0.6) is 0 Å². The predicted octanol–water partition coefficient (Wildman–Crippen LogP) is 0.107. The number of hydrogen-bond acceptors (Lipinski definition) is 3. The number of carboxylic acids is 1. The lowest BCUT2D eigenvalue weighted by Crippen LogP contribution is -2.28. The maximum Gasteiger partial charge on any atom is 0.327 e. The van der Waals surface area contributed by atoms with Crippen LogP contribution in [-0.2, 0) is 11.8 Å². The van der Waals surface area contributed by atoms with Gasteiger partial charge >= 0.3 is 5.97 Å². The van der Waals surface area contributed by atoms with E-state index < -0.39 is 12.0 Å². The summed E-state index contributed by atoms with van der Waals surface area (Å²) in [7, 11) is 5.24. The Morgan fingerprint density at radius 1 is 1.69 bits per heavy atom. The van der Waals surface area contributed by atoms with E-state index in [-0.39, 0.29) is 0 Å². The van der Waals surface area contributed by atoms with E-state index in [0.717, 1.165) is 0 Å². The summed E-state index contributed by atoms with van der Waals surface area (Å²) >= 11 is 0. The Bertz CT molecular complexity index is 306. The molecule has 13 heavy (non-hydrogen) atoms. The van der Waals surface area contributed by atoms with Crippen LogP contribution in [0.2, 0.25) is 0 Å². The van der Waals surface area contributed by atoms with Crippen molar-refractivity contribution in [1.29, 1.82) is 0 Å². The fraction of sp³-hybridized carbons (Fsp3) is 0.500. The smallest absolute Gasteiger partial charge is 0.327 e. The van der Waals surface area contributed by atoms with Crippen LogP contribution in [0.3, 0.4) is 0 Å². The van der Waals surface area contributed by atoms with Gasteiger partial charge in [-0.15, -0.1) is 0 Å². The largest absolute Gasteiger partial charge is 0.480 e. The number of aryl methyl sites for hydroxylation is 1. The molecule has 1 aromatic heterocycles. The minimum atomic E-state index is -0.867. The van der Waals surface area contributed by atoms with E-state index in [1.165, 1.54) is 0 Å². The van der Waals surface area contributed by atoms with Gasteiger partial charge in [0.2, 0.25) is 0 Å². The normalized spacial score (nSPS) is 13.2. The van der Waals surface area contributed by atoms with Crippen molar-refractivity contribution >= 4 is 5.97 Å². The number of nitrogens with zero attached hydrogens (tertiary/aromatic N) is 3. The maximum absolute atomic E-state index is 10.9. The van der Waals surface area contributed by atoms with Crippen LogP contribution in [-0.4, -0.2) is 39.6 Å². The Morgan fingerprint density at radius 2 is 2.31 bits per heavy atom. The first-order valence-corrected chi connectivity index (χ1v) is 3.89. The zero-order valence-electron chi connectivity index (χ0n) is 7.93. The van der Waals surface area contributed by atoms with E-state index >= 15 is 0 Å². The Labute approximate surface area is 76.6 Å². The fourth-order valence-electron chi connectivity index (χ4n) is 1.24. The van der Waals surface area contributed by atoms with Crippen molar-refractivity contribution < 1.29 is 9.90 Å². The second kappa shape index (κ2) is 3.57. The zero-order chi connectivity index (χ0) is 10.0. The summed E-state index contributed by atoms with van der Waals surface area (Å²) in [4.78, 5) is 16.4. The monoisotopic (exact) mass is 183 g/mol. The van der Waals surface area contributed by atoms with Gasteiger partial charge in [-0.2, -0.15) is 0 Å². The lowest BCUT2D eigenvalue weighted by molar-refractivity contribution is -0.142. The Kier molecular flexibility index (Phi) is 2.67. The van der Waals surface area contributed by atoms with Gasteiger partial charge in [0.25, 0.3) is 0 Å². The number of likely N-dealkylation sites (N-methyl/N-ethyl adjacent to an activating group) is 1. The highest BCUT2D eigenvalue weighted by molar-refractivity contribution is 5.74. The summed E-state index contributed by atoms with van der Waals surface area (Å²) in [5, 5.41) is 8.96. The van der Waals surface area contributed by atoms with Crippen LogP contribution >= 0.6 is 0 Å². The number of carboxylic acid groups (broad SMARTS) is 1. The van der Waals surface area contributed by atoms with E-state index in [1.807, 2.05) is 0 Å². The van der Waals surface area contributed by atoms with E-state index in [1.54, 1.807) is 43.1 Å². The summed E-state index contributed by atoms with van der Waals surface area (Å²) < 4.78 is 1.71. The molecule has 0 aliphatic carbocycles. The Hall–Kier alpha value is -1.36. The number of carbonyl (C=O) groups is 1. The molecule has 5 heteroatoms. The number of hydrogen-bond donors (Lipinski definition) is 1. The molecule has 0 amide bonds. The zero-order valence-corrected chi connectivity index (χ0v) is 7.93. The molecule has 1 aromatic rings. The van der Waals surface area contributed by atoms with Crippen LogP contribution in [0.15, 0.2) is 12.5 Å². The van der Waals surface area contributed by atoms with Crippen LogP contribution in [0.1, 0.15) is 11.7 Å². The Balaban J connectivity index is 3.02. The van der Waals surface area contributed by atoms with Crippen LogP contribution < -0.4 is 0 Å². The van der Waals surface area contributed by atoms with Crippen molar-refractivity contribution in [2.75, 3.05) is 14.1 Å². The average molecular weight is 183 g/mol. The average Bonchev–Trinajstić information content (AvgIpc) is 2.35. The molecule has 0 aromatic carbocycles. The summed E-state index contributed by atoms with van der Waals surface area (Å²) in [6, 6.07) is -0.632. The number of aliphatic carboxylic acids is 1. The first kappa shape index (κ1) is 9.73. The van der Waals surface area contributed by atoms with Crippen LogP contribution in [0, 0.1) is 0 Å². The lowest BCUT2D eigenvalue weighted by Gasteiger charge is -2.19. The Morgan fingerprint density at radius 3 is 2.62 bits per heavy atom. The van der Waals surface area contributed by atoms with Gasteiger partial charge < -0.3 is 9.67 Å². The molecule has 0 spiro atoms. The lowest BCUT2D eigenvalue weighted by atomic mass is 10.2. The van der Waals surface area contributed by atoms with Crippen molar-refractivity contribution in [3.8, 4) is 0 Å². The number of rotatable bonds is 3. The van der Waals surface area contributed by atoms with Gasteiger partial charge in [0.15, 0.2) is 0 Å². The van der Waals surface area contributed by atoms with Crippen molar-refractivity contribution in [3.63, 3.8) is 0 Å². The van der Waals surface area contributed by atoms with Gasteiger partial charge in [-0.05, 0) is 14.1 Å². The molecule has 0 saturated heterocycles.